The second kappa shape index (κ2) is 15.3. The fourth-order valence-corrected chi connectivity index (χ4v) is 5.63. The highest BCUT2D eigenvalue weighted by Crippen LogP contribution is 2.33. The molecule has 1 aliphatic rings. The second-order valence-electron chi connectivity index (χ2n) is 9.75. The van der Waals surface area contributed by atoms with Gasteiger partial charge in [0, 0.05) is 44.8 Å². The minimum absolute atomic E-state index is 0. The molecule has 2 heterocycles. The maximum absolute atomic E-state index is 13.3. The third kappa shape index (κ3) is 7.53. The molecule has 0 saturated carbocycles. The Bertz CT molecular complexity index is 1490. The van der Waals surface area contributed by atoms with Gasteiger partial charge in [0.1, 0.15) is 11.5 Å². The van der Waals surface area contributed by atoms with Crippen LogP contribution in [0.15, 0.2) is 72.8 Å². The van der Waals surface area contributed by atoms with E-state index in [0.29, 0.717) is 33.1 Å². The number of hydrogen-bond acceptors (Lipinski definition) is 5. The molecule has 1 amide bonds. The average Bonchev–Trinajstić information content (AvgIpc) is 3.31. The molecule has 0 spiro atoms. The summed E-state index contributed by atoms with van der Waals surface area (Å²) in [5.41, 5.74) is 3.48. The van der Waals surface area contributed by atoms with Crippen molar-refractivity contribution in [3.8, 4) is 17.1 Å². The number of piperazine rings is 1. The molecule has 4 aromatic rings. The zero-order valence-corrected chi connectivity index (χ0v) is 26.7. The molecular formula is C30H32Cl5N5O2. The number of carbonyl (C=O) groups excluding carboxylic acids is 1. The molecular weight excluding hydrogens is 640 g/mol. The summed E-state index contributed by atoms with van der Waals surface area (Å²) >= 11 is 19.1. The first-order valence-corrected chi connectivity index (χ1v) is 14.2. The van der Waals surface area contributed by atoms with Crippen molar-refractivity contribution in [1.29, 1.82) is 0 Å². The summed E-state index contributed by atoms with van der Waals surface area (Å²) in [6, 6.07) is 22.8. The minimum atomic E-state index is -0.732. The van der Waals surface area contributed by atoms with E-state index in [0.717, 1.165) is 43.1 Å². The van der Waals surface area contributed by atoms with Crippen molar-refractivity contribution in [2.75, 3.05) is 44.2 Å². The van der Waals surface area contributed by atoms with E-state index in [1.54, 1.807) is 6.07 Å². The van der Waals surface area contributed by atoms with Gasteiger partial charge in [0.15, 0.2) is 0 Å². The van der Waals surface area contributed by atoms with Gasteiger partial charge in [-0.3, -0.25) is 14.3 Å². The number of para-hydroxylation sites is 1. The van der Waals surface area contributed by atoms with Crippen LogP contribution in [0.3, 0.4) is 0 Å². The van der Waals surface area contributed by atoms with Crippen molar-refractivity contribution < 1.29 is 9.90 Å². The smallest absolute Gasteiger partial charge is 0.271 e. The third-order valence-electron chi connectivity index (χ3n) is 7.06. The van der Waals surface area contributed by atoms with Crippen molar-refractivity contribution in [2.24, 2.45) is 0 Å². The molecule has 3 aromatic carbocycles. The van der Waals surface area contributed by atoms with Crippen LogP contribution >= 0.6 is 59.6 Å². The molecule has 0 aliphatic carbocycles. The van der Waals surface area contributed by atoms with Crippen LogP contribution in [0.4, 0.5) is 5.69 Å². The van der Waals surface area contributed by atoms with E-state index in [1.807, 2.05) is 78.2 Å². The van der Waals surface area contributed by atoms with Crippen molar-refractivity contribution in [2.45, 2.75) is 13.0 Å². The number of aromatic nitrogens is 2. The van der Waals surface area contributed by atoms with Gasteiger partial charge in [-0.1, -0.05) is 83.3 Å². The van der Waals surface area contributed by atoms with Gasteiger partial charge in [-0.15, -0.1) is 24.8 Å². The molecule has 1 unspecified atom stereocenters. The molecule has 42 heavy (non-hydrogen) atoms. The zero-order chi connectivity index (χ0) is 28.2. The second-order valence-corrected chi connectivity index (χ2v) is 10.9. The standard InChI is InChI=1S/C30H30Cl3N5O2.2ClH/c1-20-28(35-29(21-8-3-2-4-9-21)38(20)25-12-6-5-10-23(25)31)30(40)34-18-22(39)19-36-14-16-37(17-15-36)26-13-7-11-24(32)27(26)33;;/h2-13,22,39H,14-19H2,1H3,(H,34,40);2*1H. The fraction of sp³-hybridized carbons (Fsp3) is 0.267. The molecule has 12 heteroatoms. The number of β-amino-alcohol motifs (C(OH)–C–C–N with tert-alkyl or cyclic N) is 1. The summed E-state index contributed by atoms with van der Waals surface area (Å²) in [5, 5.41) is 15.3. The number of benzene rings is 3. The minimum Gasteiger partial charge on any atom is -0.390 e. The average molecular weight is 672 g/mol. The molecule has 1 aliphatic heterocycles. The van der Waals surface area contributed by atoms with E-state index in [1.165, 1.54) is 0 Å². The lowest BCUT2D eigenvalue weighted by molar-refractivity contribution is 0.0847. The van der Waals surface area contributed by atoms with E-state index >= 15 is 0 Å². The van der Waals surface area contributed by atoms with Gasteiger partial charge < -0.3 is 15.3 Å². The number of amides is 1. The Morgan fingerprint density at radius 1 is 0.881 bits per heavy atom. The molecule has 1 fully saturated rings. The first-order chi connectivity index (χ1) is 19.3. The molecule has 1 atom stereocenters. The van der Waals surface area contributed by atoms with Gasteiger partial charge >= 0.3 is 0 Å². The Balaban J connectivity index is 0.00000242. The van der Waals surface area contributed by atoms with Crippen molar-refractivity contribution in [3.63, 3.8) is 0 Å². The summed E-state index contributed by atoms with van der Waals surface area (Å²) in [7, 11) is 0. The van der Waals surface area contributed by atoms with Crippen molar-refractivity contribution in [1.82, 2.24) is 19.8 Å². The normalized spacial score (nSPS) is 14.1. The number of rotatable bonds is 8. The van der Waals surface area contributed by atoms with E-state index in [2.05, 4.69) is 15.1 Å². The van der Waals surface area contributed by atoms with Crippen LogP contribution in [0.2, 0.25) is 15.1 Å². The van der Waals surface area contributed by atoms with Gasteiger partial charge in [0.25, 0.3) is 5.91 Å². The Hall–Kier alpha value is -2.49. The largest absolute Gasteiger partial charge is 0.390 e. The van der Waals surface area contributed by atoms with Gasteiger partial charge in [-0.25, -0.2) is 4.98 Å². The maximum Gasteiger partial charge on any atom is 0.271 e. The van der Waals surface area contributed by atoms with Gasteiger partial charge in [0.05, 0.1) is 38.2 Å². The molecule has 2 N–H and O–H groups in total. The van der Waals surface area contributed by atoms with Crippen LogP contribution in [0.25, 0.3) is 17.1 Å². The lowest BCUT2D eigenvalue weighted by atomic mass is 10.2. The van der Waals surface area contributed by atoms with Crippen LogP contribution in [0.5, 0.6) is 0 Å². The van der Waals surface area contributed by atoms with Crippen LogP contribution in [-0.2, 0) is 0 Å². The number of nitrogens with zero attached hydrogens (tertiary/aromatic N) is 4. The molecule has 224 valence electrons. The molecule has 5 rings (SSSR count). The number of halogens is 5. The topological polar surface area (TPSA) is 73.6 Å². The van der Waals surface area contributed by atoms with Crippen molar-refractivity contribution >= 4 is 71.2 Å². The molecule has 1 saturated heterocycles. The Morgan fingerprint density at radius 2 is 1.50 bits per heavy atom. The predicted octanol–water partition coefficient (Wildman–Crippen LogP) is 6.56. The van der Waals surface area contributed by atoms with E-state index in [-0.39, 0.29) is 43.0 Å². The monoisotopic (exact) mass is 669 g/mol. The summed E-state index contributed by atoms with van der Waals surface area (Å²) in [4.78, 5) is 22.3. The van der Waals surface area contributed by atoms with E-state index in [9.17, 15) is 9.90 Å². The number of carbonyl (C=O) groups is 1. The van der Waals surface area contributed by atoms with Gasteiger partial charge in [-0.05, 0) is 31.2 Å². The Kier molecular flexibility index (Phi) is 12.4. The van der Waals surface area contributed by atoms with E-state index < -0.39 is 6.10 Å². The fourth-order valence-electron chi connectivity index (χ4n) is 4.99. The summed E-state index contributed by atoms with van der Waals surface area (Å²) in [6.07, 6.45) is -0.732. The van der Waals surface area contributed by atoms with Crippen LogP contribution < -0.4 is 10.2 Å². The third-order valence-corrected chi connectivity index (χ3v) is 8.19. The number of imidazole rings is 1. The first-order valence-electron chi connectivity index (χ1n) is 13.1. The number of hydrogen-bond donors (Lipinski definition) is 2. The van der Waals surface area contributed by atoms with Crippen LogP contribution in [0, 0.1) is 6.92 Å². The first kappa shape index (κ1) is 34.0. The van der Waals surface area contributed by atoms with E-state index in [4.69, 9.17) is 39.8 Å². The lowest BCUT2D eigenvalue weighted by Crippen LogP contribution is -2.50. The van der Waals surface area contributed by atoms with Gasteiger partial charge in [-0.2, -0.15) is 0 Å². The van der Waals surface area contributed by atoms with Crippen molar-refractivity contribution in [3.05, 3.63) is 99.3 Å². The highest BCUT2D eigenvalue weighted by molar-refractivity contribution is 6.43. The summed E-state index contributed by atoms with van der Waals surface area (Å²) in [5.74, 6) is 0.273. The number of nitrogens with one attached hydrogen (secondary N) is 1. The summed E-state index contributed by atoms with van der Waals surface area (Å²) in [6.45, 7) is 5.45. The number of aliphatic hydroxyl groups excluding tert-OH is 1. The summed E-state index contributed by atoms with van der Waals surface area (Å²) < 4.78 is 1.90. The molecule has 1 aromatic heterocycles. The Morgan fingerprint density at radius 3 is 2.19 bits per heavy atom. The SMILES string of the molecule is Cc1c(C(=O)NCC(O)CN2CCN(c3cccc(Cl)c3Cl)CC2)nc(-c2ccccc2)n1-c1ccccc1Cl.Cl.Cl. The highest BCUT2D eigenvalue weighted by Gasteiger charge is 2.25. The molecule has 0 bridgehead atoms. The highest BCUT2D eigenvalue weighted by atomic mass is 35.5. The predicted molar refractivity (Wildman–Crippen MR) is 177 cm³/mol. The lowest BCUT2D eigenvalue weighted by Gasteiger charge is -2.37. The Labute approximate surface area is 273 Å². The number of anilines is 1. The zero-order valence-electron chi connectivity index (χ0n) is 22.8. The van der Waals surface area contributed by atoms with Gasteiger partial charge in [0.2, 0.25) is 0 Å². The maximum atomic E-state index is 13.3. The molecule has 0 radical (unpaired) electrons. The van der Waals surface area contributed by atoms with Crippen LogP contribution in [-0.4, -0.2) is 70.8 Å². The molecule has 7 nitrogen and oxygen atoms in total. The van der Waals surface area contributed by atoms with Crippen LogP contribution in [0.1, 0.15) is 16.2 Å². The quantitative estimate of drug-likeness (QED) is 0.222. The number of aliphatic hydroxyl groups is 1.